The van der Waals surface area contributed by atoms with Crippen molar-refractivity contribution < 1.29 is 9.53 Å². The van der Waals surface area contributed by atoms with E-state index in [1.165, 1.54) is 6.20 Å². The Bertz CT molecular complexity index is 1010. The first-order chi connectivity index (χ1) is 13.0. The van der Waals surface area contributed by atoms with Gasteiger partial charge >= 0.3 is 6.03 Å². The molecule has 8 heteroatoms. The maximum Gasteiger partial charge on any atom is 0.320 e. The van der Waals surface area contributed by atoms with Crippen molar-refractivity contribution in [2.45, 2.75) is 13.0 Å². The second-order valence-electron chi connectivity index (χ2n) is 6.07. The van der Waals surface area contributed by atoms with Gasteiger partial charge in [-0.1, -0.05) is 18.2 Å². The number of urea groups is 1. The number of nitrogens with zero attached hydrogens (tertiary/aromatic N) is 2. The standard InChI is InChI=1S/C19H21N5O3/c1-12-10-13(11-21-18(12)25)22-19(26)23-16(17-20-8-9-24(17)2)14-6-4-5-7-15(14)27-3/h4-11,16H,1-3H3,(H,21,25)(H2,22,23,26)/t16-/m1/s1. The van der Waals surface area contributed by atoms with Gasteiger partial charge in [-0.2, -0.15) is 0 Å². The van der Waals surface area contributed by atoms with E-state index in [2.05, 4.69) is 20.6 Å². The van der Waals surface area contributed by atoms with Gasteiger partial charge in [0.2, 0.25) is 0 Å². The number of methoxy groups -OCH3 is 1. The van der Waals surface area contributed by atoms with Gasteiger partial charge in [0.15, 0.2) is 0 Å². The van der Waals surface area contributed by atoms with Gasteiger partial charge in [-0.15, -0.1) is 0 Å². The summed E-state index contributed by atoms with van der Waals surface area (Å²) >= 11 is 0. The molecule has 0 unspecified atom stereocenters. The van der Waals surface area contributed by atoms with E-state index in [0.717, 1.165) is 5.56 Å². The zero-order valence-corrected chi connectivity index (χ0v) is 15.3. The monoisotopic (exact) mass is 367 g/mol. The van der Waals surface area contributed by atoms with Crippen molar-refractivity contribution in [2.24, 2.45) is 7.05 Å². The number of ether oxygens (including phenoxy) is 1. The van der Waals surface area contributed by atoms with E-state index in [9.17, 15) is 9.59 Å². The van der Waals surface area contributed by atoms with Crippen LogP contribution in [0.3, 0.4) is 0 Å². The third-order valence-corrected chi connectivity index (χ3v) is 4.19. The van der Waals surface area contributed by atoms with E-state index < -0.39 is 12.1 Å². The largest absolute Gasteiger partial charge is 0.496 e. The number of aromatic amines is 1. The van der Waals surface area contributed by atoms with Crippen molar-refractivity contribution in [3.63, 3.8) is 0 Å². The topological polar surface area (TPSA) is 101 Å². The quantitative estimate of drug-likeness (QED) is 0.644. The van der Waals surface area contributed by atoms with Gasteiger partial charge in [-0.3, -0.25) is 4.79 Å². The van der Waals surface area contributed by atoms with Gasteiger partial charge in [0.1, 0.15) is 17.6 Å². The zero-order valence-electron chi connectivity index (χ0n) is 15.3. The number of anilines is 1. The molecule has 140 valence electrons. The Kier molecular flexibility index (Phi) is 5.25. The molecule has 2 aromatic heterocycles. The molecule has 2 amide bonds. The van der Waals surface area contributed by atoms with Crippen molar-refractivity contribution in [1.29, 1.82) is 0 Å². The number of aromatic nitrogens is 3. The molecule has 0 spiro atoms. The van der Waals surface area contributed by atoms with Crippen LogP contribution in [0.4, 0.5) is 10.5 Å². The van der Waals surface area contributed by atoms with Gasteiger partial charge in [-0.05, 0) is 19.1 Å². The minimum Gasteiger partial charge on any atom is -0.496 e. The summed E-state index contributed by atoms with van der Waals surface area (Å²) in [5.74, 6) is 1.30. The highest BCUT2D eigenvalue weighted by atomic mass is 16.5. The first kappa shape index (κ1) is 18.2. The third-order valence-electron chi connectivity index (χ3n) is 4.19. The maximum atomic E-state index is 12.6. The number of H-pyrrole nitrogens is 1. The molecule has 0 aliphatic carbocycles. The number of rotatable bonds is 5. The van der Waals surface area contributed by atoms with Gasteiger partial charge in [0, 0.05) is 36.8 Å². The molecule has 2 heterocycles. The average molecular weight is 367 g/mol. The molecule has 8 nitrogen and oxygen atoms in total. The molecule has 0 bridgehead atoms. The van der Waals surface area contributed by atoms with Crippen LogP contribution >= 0.6 is 0 Å². The molecule has 0 fully saturated rings. The number of benzene rings is 1. The van der Waals surface area contributed by atoms with E-state index in [4.69, 9.17) is 4.74 Å². The summed E-state index contributed by atoms with van der Waals surface area (Å²) in [6.45, 7) is 1.67. The van der Waals surface area contributed by atoms with E-state index in [1.54, 1.807) is 26.3 Å². The highest BCUT2D eigenvalue weighted by Crippen LogP contribution is 2.29. The van der Waals surface area contributed by atoms with Crippen molar-refractivity contribution >= 4 is 11.7 Å². The van der Waals surface area contributed by atoms with Crippen molar-refractivity contribution in [1.82, 2.24) is 19.9 Å². The van der Waals surface area contributed by atoms with Crippen molar-refractivity contribution in [3.8, 4) is 5.75 Å². The fourth-order valence-electron chi connectivity index (χ4n) is 2.81. The van der Waals surface area contributed by atoms with Crippen molar-refractivity contribution in [2.75, 3.05) is 12.4 Å². The van der Waals surface area contributed by atoms with Gasteiger partial charge in [0.25, 0.3) is 5.56 Å². The van der Waals surface area contributed by atoms with Crippen LogP contribution in [0.15, 0.2) is 53.7 Å². The van der Waals surface area contributed by atoms with Crippen molar-refractivity contribution in [3.05, 3.63) is 76.2 Å². The summed E-state index contributed by atoms with van der Waals surface area (Å²) in [5.41, 5.74) is 1.59. The molecule has 27 heavy (non-hydrogen) atoms. The molecule has 3 rings (SSSR count). The van der Waals surface area contributed by atoms with Crippen LogP contribution in [-0.4, -0.2) is 27.7 Å². The summed E-state index contributed by atoms with van der Waals surface area (Å²) in [5, 5.41) is 5.66. The Labute approximate surface area is 156 Å². The summed E-state index contributed by atoms with van der Waals surface area (Å²) in [4.78, 5) is 31.0. The van der Waals surface area contributed by atoms with E-state index in [0.29, 0.717) is 22.8 Å². The SMILES string of the molecule is COc1ccccc1[C@@H](NC(=O)Nc1c[nH]c(=O)c(C)c1)c1nccn1C. The Balaban J connectivity index is 1.89. The first-order valence-corrected chi connectivity index (χ1v) is 8.36. The number of amides is 2. The van der Waals surface area contributed by atoms with E-state index in [1.807, 2.05) is 42.1 Å². The van der Waals surface area contributed by atoms with Gasteiger partial charge < -0.3 is 24.9 Å². The molecule has 1 aromatic carbocycles. The molecular formula is C19H21N5O3. The van der Waals surface area contributed by atoms with Gasteiger partial charge in [0.05, 0.1) is 12.8 Å². The number of nitrogens with one attached hydrogen (secondary N) is 3. The van der Waals surface area contributed by atoms with Gasteiger partial charge in [-0.25, -0.2) is 9.78 Å². The number of imidazole rings is 1. The zero-order chi connectivity index (χ0) is 19.4. The normalized spacial score (nSPS) is 11.7. The first-order valence-electron chi connectivity index (χ1n) is 8.36. The molecule has 0 aliphatic heterocycles. The van der Waals surface area contributed by atoms with E-state index in [-0.39, 0.29) is 5.56 Å². The number of carbonyl (C=O) groups is 1. The second-order valence-corrected chi connectivity index (χ2v) is 6.07. The lowest BCUT2D eigenvalue weighted by Gasteiger charge is -2.21. The lowest BCUT2D eigenvalue weighted by molar-refractivity contribution is 0.249. The molecule has 3 aromatic rings. The van der Waals surface area contributed by atoms with Crippen LogP contribution in [0.25, 0.3) is 0 Å². The Morgan fingerprint density at radius 2 is 2.11 bits per heavy atom. The highest BCUT2D eigenvalue weighted by Gasteiger charge is 2.23. The van der Waals surface area contributed by atoms with Crippen LogP contribution in [0.1, 0.15) is 23.0 Å². The van der Waals surface area contributed by atoms with Crippen LogP contribution in [0.2, 0.25) is 0 Å². The van der Waals surface area contributed by atoms with Crippen LogP contribution < -0.4 is 20.9 Å². The lowest BCUT2D eigenvalue weighted by Crippen LogP contribution is -2.35. The Hall–Kier alpha value is -3.55. The van der Waals surface area contributed by atoms with E-state index >= 15 is 0 Å². The Morgan fingerprint density at radius 1 is 1.33 bits per heavy atom. The fraction of sp³-hybridized carbons (Fsp3) is 0.211. The fourth-order valence-corrected chi connectivity index (χ4v) is 2.81. The summed E-state index contributed by atoms with van der Waals surface area (Å²) in [6, 6.07) is 8.10. The second kappa shape index (κ2) is 7.77. The lowest BCUT2D eigenvalue weighted by atomic mass is 10.0. The predicted molar refractivity (Wildman–Crippen MR) is 102 cm³/mol. The Morgan fingerprint density at radius 3 is 2.78 bits per heavy atom. The third kappa shape index (κ3) is 4.00. The number of pyridine rings is 1. The minimum absolute atomic E-state index is 0.194. The predicted octanol–water partition coefficient (Wildman–Crippen LogP) is 2.34. The number of aryl methyl sites for hydroxylation is 2. The minimum atomic E-state index is -0.523. The molecule has 0 aliphatic rings. The molecule has 0 radical (unpaired) electrons. The molecule has 3 N–H and O–H groups in total. The average Bonchev–Trinajstić information content (AvgIpc) is 3.08. The van der Waals surface area contributed by atoms with Crippen LogP contribution in [-0.2, 0) is 7.05 Å². The highest BCUT2D eigenvalue weighted by molar-refractivity contribution is 5.89. The molecule has 0 saturated heterocycles. The smallest absolute Gasteiger partial charge is 0.320 e. The van der Waals surface area contributed by atoms with Crippen LogP contribution in [0, 0.1) is 6.92 Å². The molecular weight excluding hydrogens is 346 g/mol. The number of para-hydroxylation sites is 1. The number of hydrogen-bond acceptors (Lipinski definition) is 4. The summed E-state index contributed by atoms with van der Waals surface area (Å²) < 4.78 is 7.28. The molecule has 0 saturated carbocycles. The summed E-state index contributed by atoms with van der Waals surface area (Å²) in [7, 11) is 3.44. The number of hydrogen-bond donors (Lipinski definition) is 3. The summed E-state index contributed by atoms with van der Waals surface area (Å²) in [6.07, 6.45) is 4.93. The maximum absolute atomic E-state index is 12.6. The number of carbonyl (C=O) groups excluding carboxylic acids is 1. The van der Waals surface area contributed by atoms with Crippen LogP contribution in [0.5, 0.6) is 5.75 Å². The molecule has 1 atom stereocenters.